The molecule has 4 nitrogen and oxygen atoms in total. The number of aromatic nitrogens is 1. The number of hydrogen-bond donors (Lipinski definition) is 1. The first kappa shape index (κ1) is 14.0. The summed E-state index contributed by atoms with van der Waals surface area (Å²) >= 11 is 1.73. The second-order valence-corrected chi connectivity index (χ2v) is 7.35. The van der Waals surface area contributed by atoms with Gasteiger partial charge in [0.05, 0.1) is 0 Å². The number of nitrogens with zero attached hydrogens (tertiary/aromatic N) is 1. The largest absolute Gasteiger partial charge is 0.360 e. The number of nitrogens with one attached hydrogen (secondary N) is 1. The lowest BCUT2D eigenvalue weighted by atomic mass is 9.80. The summed E-state index contributed by atoms with van der Waals surface area (Å²) in [6, 6.07) is 4.00. The normalized spacial score (nSPS) is 20.2. The fraction of sp³-hybridized carbons (Fsp3) is 0.529. The fourth-order valence-electron chi connectivity index (χ4n) is 3.48. The van der Waals surface area contributed by atoms with Crippen LogP contribution in [-0.4, -0.2) is 17.6 Å². The average molecular weight is 316 g/mol. The zero-order chi connectivity index (χ0) is 15.0. The lowest BCUT2D eigenvalue weighted by Gasteiger charge is -2.28. The Labute approximate surface area is 133 Å². The zero-order valence-corrected chi connectivity index (χ0v) is 13.3. The number of thiophene rings is 1. The molecule has 0 radical (unpaired) electrons. The van der Waals surface area contributed by atoms with Crippen LogP contribution in [0.5, 0.6) is 0 Å². The van der Waals surface area contributed by atoms with Crippen molar-refractivity contribution in [3.05, 3.63) is 39.9 Å². The standard InChI is InChI=1S/C17H20N2O2S/c20-16(14-9-15(21-19-14)12-3-4-12)18-11-17(6-1-2-7-17)13-5-8-22-10-13/h5,8-10,12H,1-4,6-7,11H2,(H,18,20). The van der Waals surface area contributed by atoms with Crippen molar-refractivity contribution in [3.63, 3.8) is 0 Å². The van der Waals surface area contributed by atoms with Crippen molar-refractivity contribution >= 4 is 17.2 Å². The van der Waals surface area contributed by atoms with Crippen LogP contribution in [0.3, 0.4) is 0 Å². The van der Waals surface area contributed by atoms with Gasteiger partial charge in [-0.3, -0.25) is 4.79 Å². The highest BCUT2D eigenvalue weighted by molar-refractivity contribution is 7.08. The molecule has 0 atom stereocenters. The zero-order valence-electron chi connectivity index (χ0n) is 12.5. The third-order valence-electron chi connectivity index (χ3n) is 5.02. The minimum Gasteiger partial charge on any atom is -0.360 e. The quantitative estimate of drug-likeness (QED) is 0.911. The Morgan fingerprint density at radius 2 is 2.23 bits per heavy atom. The summed E-state index contributed by atoms with van der Waals surface area (Å²) in [5.74, 6) is 1.23. The van der Waals surface area contributed by atoms with Crippen LogP contribution in [0.25, 0.3) is 0 Å². The molecule has 116 valence electrons. The van der Waals surface area contributed by atoms with Crippen molar-refractivity contribution in [1.29, 1.82) is 0 Å². The van der Waals surface area contributed by atoms with Crippen molar-refractivity contribution in [2.45, 2.75) is 49.9 Å². The molecule has 22 heavy (non-hydrogen) atoms. The van der Waals surface area contributed by atoms with Crippen LogP contribution in [0.15, 0.2) is 27.4 Å². The van der Waals surface area contributed by atoms with Crippen molar-refractivity contribution in [2.75, 3.05) is 6.54 Å². The van der Waals surface area contributed by atoms with E-state index in [-0.39, 0.29) is 11.3 Å². The molecule has 2 aliphatic carbocycles. The molecule has 2 aromatic rings. The second kappa shape index (κ2) is 5.54. The van der Waals surface area contributed by atoms with Gasteiger partial charge in [0.25, 0.3) is 5.91 Å². The number of carbonyl (C=O) groups is 1. The van der Waals surface area contributed by atoms with Crippen LogP contribution in [0.1, 0.15) is 66.3 Å². The van der Waals surface area contributed by atoms with Gasteiger partial charge in [-0.25, -0.2) is 0 Å². The minimum atomic E-state index is -0.114. The first-order chi connectivity index (χ1) is 10.8. The van der Waals surface area contributed by atoms with Gasteiger partial charge in [-0.1, -0.05) is 18.0 Å². The fourth-order valence-corrected chi connectivity index (χ4v) is 4.26. The third kappa shape index (κ3) is 2.58. The van der Waals surface area contributed by atoms with E-state index in [2.05, 4.69) is 27.3 Å². The Hall–Kier alpha value is -1.62. The lowest BCUT2D eigenvalue weighted by molar-refractivity contribution is 0.0934. The Morgan fingerprint density at radius 1 is 1.41 bits per heavy atom. The molecule has 0 unspecified atom stereocenters. The molecule has 0 bridgehead atoms. The topological polar surface area (TPSA) is 55.1 Å². The number of rotatable bonds is 5. The van der Waals surface area contributed by atoms with E-state index in [1.165, 1.54) is 18.4 Å². The van der Waals surface area contributed by atoms with Gasteiger partial charge < -0.3 is 9.84 Å². The predicted molar refractivity (Wildman–Crippen MR) is 85.3 cm³/mol. The summed E-state index contributed by atoms with van der Waals surface area (Å²) in [5.41, 5.74) is 1.90. The Bertz CT molecular complexity index is 652. The van der Waals surface area contributed by atoms with Crippen LogP contribution in [0.4, 0.5) is 0 Å². The van der Waals surface area contributed by atoms with Crippen LogP contribution in [0.2, 0.25) is 0 Å². The summed E-state index contributed by atoms with van der Waals surface area (Å²) in [7, 11) is 0. The van der Waals surface area contributed by atoms with Crippen LogP contribution < -0.4 is 5.32 Å². The van der Waals surface area contributed by atoms with Crippen LogP contribution in [-0.2, 0) is 5.41 Å². The Kier molecular flexibility index (Phi) is 3.53. The Morgan fingerprint density at radius 3 is 2.91 bits per heavy atom. The molecule has 2 aromatic heterocycles. The number of hydrogen-bond acceptors (Lipinski definition) is 4. The molecule has 5 heteroatoms. The molecule has 0 aromatic carbocycles. The van der Waals surface area contributed by atoms with Gasteiger partial charge in [0.2, 0.25) is 0 Å². The van der Waals surface area contributed by atoms with E-state index in [0.717, 1.165) is 31.4 Å². The van der Waals surface area contributed by atoms with Crippen LogP contribution >= 0.6 is 11.3 Å². The summed E-state index contributed by atoms with van der Waals surface area (Å²) in [5, 5.41) is 11.4. The second-order valence-electron chi connectivity index (χ2n) is 6.57. The minimum absolute atomic E-state index is 0.110. The van der Waals surface area contributed by atoms with Crippen molar-refractivity contribution in [3.8, 4) is 0 Å². The SMILES string of the molecule is O=C(NCC1(c2ccsc2)CCCC1)c1cc(C2CC2)on1. The van der Waals surface area contributed by atoms with E-state index in [0.29, 0.717) is 18.2 Å². The van der Waals surface area contributed by atoms with E-state index >= 15 is 0 Å². The van der Waals surface area contributed by atoms with Gasteiger partial charge in [-0.15, -0.1) is 0 Å². The van der Waals surface area contributed by atoms with E-state index in [1.807, 2.05) is 0 Å². The smallest absolute Gasteiger partial charge is 0.273 e. The van der Waals surface area contributed by atoms with E-state index in [9.17, 15) is 4.79 Å². The summed E-state index contributed by atoms with van der Waals surface area (Å²) in [6.07, 6.45) is 7.07. The molecule has 1 amide bonds. The van der Waals surface area contributed by atoms with E-state index in [4.69, 9.17) is 4.52 Å². The molecule has 2 aliphatic rings. The highest BCUT2D eigenvalue weighted by Gasteiger charge is 2.36. The van der Waals surface area contributed by atoms with E-state index < -0.39 is 0 Å². The first-order valence-corrected chi connectivity index (χ1v) is 8.99. The summed E-state index contributed by atoms with van der Waals surface area (Å²) in [4.78, 5) is 12.3. The maximum absolute atomic E-state index is 12.3. The van der Waals surface area contributed by atoms with Crippen molar-refractivity contribution in [1.82, 2.24) is 10.5 Å². The van der Waals surface area contributed by atoms with Gasteiger partial charge in [-0.05, 0) is 48.1 Å². The highest BCUT2D eigenvalue weighted by Crippen LogP contribution is 2.42. The van der Waals surface area contributed by atoms with Gasteiger partial charge in [0, 0.05) is 23.9 Å². The van der Waals surface area contributed by atoms with Gasteiger partial charge in [0.15, 0.2) is 5.69 Å². The predicted octanol–water partition coefficient (Wildman–Crippen LogP) is 3.86. The summed E-state index contributed by atoms with van der Waals surface area (Å²) < 4.78 is 5.27. The van der Waals surface area contributed by atoms with Crippen molar-refractivity contribution < 1.29 is 9.32 Å². The third-order valence-corrected chi connectivity index (χ3v) is 5.71. The molecule has 2 heterocycles. The van der Waals surface area contributed by atoms with Gasteiger partial charge in [-0.2, -0.15) is 11.3 Å². The molecular weight excluding hydrogens is 296 g/mol. The molecule has 0 aliphatic heterocycles. The van der Waals surface area contributed by atoms with Gasteiger partial charge >= 0.3 is 0 Å². The highest BCUT2D eigenvalue weighted by atomic mass is 32.1. The molecule has 2 fully saturated rings. The molecule has 1 N–H and O–H groups in total. The van der Waals surface area contributed by atoms with Gasteiger partial charge in [0.1, 0.15) is 5.76 Å². The maximum Gasteiger partial charge on any atom is 0.273 e. The molecule has 4 rings (SSSR count). The lowest BCUT2D eigenvalue weighted by Crippen LogP contribution is -2.38. The molecular formula is C17H20N2O2S. The monoisotopic (exact) mass is 316 g/mol. The number of carbonyl (C=O) groups excluding carboxylic acids is 1. The Balaban J connectivity index is 1.44. The maximum atomic E-state index is 12.3. The summed E-state index contributed by atoms with van der Waals surface area (Å²) in [6.45, 7) is 0.689. The van der Waals surface area contributed by atoms with E-state index in [1.54, 1.807) is 17.4 Å². The number of amides is 1. The molecule has 2 saturated carbocycles. The molecule has 0 saturated heterocycles. The molecule has 0 spiro atoms. The van der Waals surface area contributed by atoms with Crippen LogP contribution in [0, 0.1) is 0 Å². The average Bonchev–Trinajstić information content (AvgIpc) is 3.03. The van der Waals surface area contributed by atoms with Crippen molar-refractivity contribution in [2.24, 2.45) is 0 Å². The first-order valence-electron chi connectivity index (χ1n) is 8.04.